The molecule has 7 rings (SSSR count). The molecule has 3 atom stereocenters. The summed E-state index contributed by atoms with van der Waals surface area (Å²) in [6, 6.07) is 54.6. The number of benzene rings is 6. The Balaban J connectivity index is 1.30. The molecule has 6 heteroatoms. The lowest BCUT2D eigenvalue weighted by Gasteiger charge is -2.45. The molecule has 1 fully saturated rings. The van der Waals surface area contributed by atoms with Crippen molar-refractivity contribution in [2.75, 3.05) is 19.7 Å². The Hall–Kier alpha value is -4.75. The van der Waals surface area contributed by atoms with Gasteiger partial charge in [-0.2, -0.15) is 0 Å². The zero-order chi connectivity index (χ0) is 36.8. The molecule has 0 bridgehead atoms. The number of rotatable bonds is 10. The topological polar surface area (TPSA) is 48.0 Å². The fraction of sp³-hybridized carbons (Fsp3) is 0.255. The predicted octanol–water partition coefficient (Wildman–Crippen LogP) is 11.1. The highest BCUT2D eigenvalue weighted by Crippen LogP contribution is 2.43. The molecule has 6 aromatic rings. The molecule has 6 aromatic carbocycles. The first-order valence-electron chi connectivity index (χ1n) is 18.3. The molecule has 53 heavy (non-hydrogen) atoms. The largest absolute Gasteiger partial charge is 0.444 e. The van der Waals surface area contributed by atoms with Gasteiger partial charge < -0.3 is 19.1 Å². The van der Waals surface area contributed by atoms with E-state index < -0.39 is 11.2 Å². The van der Waals surface area contributed by atoms with Crippen molar-refractivity contribution in [2.45, 2.75) is 50.6 Å². The highest BCUT2D eigenvalue weighted by atomic mass is 79.9. The maximum atomic E-state index is 13.9. The van der Waals surface area contributed by atoms with Crippen molar-refractivity contribution in [3.8, 4) is 0 Å². The van der Waals surface area contributed by atoms with Crippen LogP contribution in [0.2, 0.25) is 0 Å². The molecule has 1 amide bonds. The quantitative estimate of drug-likeness (QED) is 0.130. The second-order valence-electron chi connectivity index (χ2n) is 14.8. The van der Waals surface area contributed by atoms with E-state index in [4.69, 9.17) is 14.2 Å². The molecule has 1 saturated heterocycles. The number of nitrogens with zero attached hydrogens (tertiary/aromatic N) is 1. The molecular formula is C47H46BrNO4. The van der Waals surface area contributed by atoms with Gasteiger partial charge in [0.25, 0.3) is 0 Å². The predicted molar refractivity (Wildman–Crippen MR) is 216 cm³/mol. The molecule has 0 aliphatic carbocycles. The maximum absolute atomic E-state index is 13.9. The van der Waals surface area contributed by atoms with E-state index in [9.17, 15) is 4.79 Å². The summed E-state index contributed by atoms with van der Waals surface area (Å²) >= 11 is 3.65. The van der Waals surface area contributed by atoms with Crippen molar-refractivity contribution in [1.82, 2.24) is 4.90 Å². The van der Waals surface area contributed by atoms with Crippen molar-refractivity contribution < 1.29 is 19.0 Å². The minimum absolute atomic E-state index is 0.0812. The van der Waals surface area contributed by atoms with E-state index in [0.29, 0.717) is 26.3 Å². The summed E-state index contributed by atoms with van der Waals surface area (Å²) in [6.45, 7) is 7.29. The van der Waals surface area contributed by atoms with E-state index >= 15 is 0 Å². The molecule has 1 aliphatic rings. The van der Waals surface area contributed by atoms with E-state index in [1.807, 2.05) is 43.9 Å². The minimum atomic E-state index is -0.913. The molecule has 270 valence electrons. The zero-order valence-electron chi connectivity index (χ0n) is 30.5. The van der Waals surface area contributed by atoms with Gasteiger partial charge in [0.1, 0.15) is 11.2 Å². The minimum Gasteiger partial charge on any atom is -0.444 e. The van der Waals surface area contributed by atoms with Gasteiger partial charge >= 0.3 is 6.09 Å². The number of carbonyl (C=O) groups is 1. The van der Waals surface area contributed by atoms with Crippen molar-refractivity contribution in [1.29, 1.82) is 0 Å². The SMILES string of the molecule is CC(C)(C)OC(=O)N1CC(COC(c2ccccc2)(c2ccccc2)c2ccccc2)C(c2ccc(Br)cc2)C(OCc2ccc3ccccc3c2)C1. The first-order valence-corrected chi connectivity index (χ1v) is 19.1. The molecular weight excluding hydrogens is 722 g/mol. The summed E-state index contributed by atoms with van der Waals surface area (Å²) < 4.78 is 21.4. The molecule has 1 heterocycles. The fourth-order valence-corrected chi connectivity index (χ4v) is 7.86. The van der Waals surface area contributed by atoms with Gasteiger partial charge in [-0.15, -0.1) is 0 Å². The summed E-state index contributed by atoms with van der Waals surface area (Å²) in [4.78, 5) is 15.7. The Labute approximate surface area is 321 Å². The van der Waals surface area contributed by atoms with Crippen LogP contribution in [0.3, 0.4) is 0 Å². The lowest BCUT2D eigenvalue weighted by atomic mass is 9.77. The van der Waals surface area contributed by atoms with Gasteiger partial charge in [-0.1, -0.05) is 155 Å². The van der Waals surface area contributed by atoms with Crippen LogP contribution in [0, 0.1) is 5.92 Å². The monoisotopic (exact) mass is 767 g/mol. The van der Waals surface area contributed by atoms with Crippen molar-refractivity contribution in [2.24, 2.45) is 5.92 Å². The average Bonchev–Trinajstić information content (AvgIpc) is 3.18. The maximum Gasteiger partial charge on any atom is 0.410 e. The van der Waals surface area contributed by atoms with Gasteiger partial charge in [0.15, 0.2) is 0 Å². The van der Waals surface area contributed by atoms with E-state index in [2.05, 4.69) is 155 Å². The van der Waals surface area contributed by atoms with E-state index in [-0.39, 0.29) is 24.0 Å². The summed E-state index contributed by atoms with van der Waals surface area (Å²) in [6.07, 6.45) is -0.686. The second kappa shape index (κ2) is 16.1. The summed E-state index contributed by atoms with van der Waals surface area (Å²) in [5.74, 6) is -0.225. The number of amides is 1. The molecule has 0 radical (unpaired) electrons. The van der Waals surface area contributed by atoms with Gasteiger partial charge in [-0.3, -0.25) is 0 Å². The molecule has 0 aromatic heterocycles. The number of halogens is 1. The van der Waals surface area contributed by atoms with Crippen LogP contribution in [0.15, 0.2) is 162 Å². The van der Waals surface area contributed by atoms with E-state index in [0.717, 1.165) is 32.3 Å². The Bertz CT molecular complexity index is 2000. The molecule has 0 saturated carbocycles. The first-order chi connectivity index (χ1) is 25.7. The van der Waals surface area contributed by atoms with Gasteiger partial charge in [-0.25, -0.2) is 4.79 Å². The average molecular weight is 769 g/mol. The third-order valence-corrected chi connectivity index (χ3v) is 10.5. The Morgan fingerprint density at radius 2 is 1.23 bits per heavy atom. The molecule has 1 aliphatic heterocycles. The van der Waals surface area contributed by atoms with Crippen LogP contribution >= 0.6 is 15.9 Å². The normalized spacial score (nSPS) is 17.8. The third kappa shape index (κ3) is 8.41. The van der Waals surface area contributed by atoms with Crippen LogP contribution in [-0.2, 0) is 26.4 Å². The third-order valence-electron chi connectivity index (χ3n) is 10.0. The number of piperidine rings is 1. The van der Waals surface area contributed by atoms with Crippen LogP contribution < -0.4 is 0 Å². The van der Waals surface area contributed by atoms with Crippen molar-refractivity contribution in [3.05, 3.63) is 190 Å². The fourth-order valence-electron chi connectivity index (χ4n) is 7.60. The Morgan fingerprint density at radius 3 is 1.79 bits per heavy atom. The summed E-state index contributed by atoms with van der Waals surface area (Å²) in [5.41, 5.74) is 3.75. The Kier molecular flexibility index (Phi) is 11.1. The zero-order valence-corrected chi connectivity index (χ0v) is 32.1. The van der Waals surface area contributed by atoms with Gasteiger partial charge in [0.2, 0.25) is 0 Å². The van der Waals surface area contributed by atoms with Crippen molar-refractivity contribution >= 4 is 32.8 Å². The van der Waals surface area contributed by atoms with Crippen LogP contribution in [0.5, 0.6) is 0 Å². The van der Waals surface area contributed by atoms with Crippen LogP contribution in [-0.4, -0.2) is 42.4 Å². The highest BCUT2D eigenvalue weighted by molar-refractivity contribution is 9.10. The lowest BCUT2D eigenvalue weighted by molar-refractivity contribution is -0.0821. The standard InChI is InChI=1S/C47H46BrNO4/c1-46(2,3)53-45(50)49-30-38(33-52-47(39-17-7-4-8-18-39,40-19-9-5-10-20-40)41-21-11-6-12-22-41)44(36-25-27-42(48)28-26-36)43(31-49)51-32-34-23-24-35-15-13-14-16-37(35)29-34/h4-29,38,43-44H,30-33H2,1-3H3. The van der Waals surface area contributed by atoms with Gasteiger partial charge in [0.05, 0.1) is 25.9 Å². The van der Waals surface area contributed by atoms with Crippen LogP contribution in [0.1, 0.15) is 54.5 Å². The van der Waals surface area contributed by atoms with Gasteiger partial charge in [0, 0.05) is 22.9 Å². The summed E-state index contributed by atoms with van der Waals surface area (Å²) in [7, 11) is 0. The molecule has 3 unspecified atom stereocenters. The number of carbonyl (C=O) groups excluding carboxylic acids is 1. The Morgan fingerprint density at radius 1 is 0.679 bits per heavy atom. The van der Waals surface area contributed by atoms with Crippen molar-refractivity contribution in [3.63, 3.8) is 0 Å². The van der Waals surface area contributed by atoms with Crippen LogP contribution in [0.25, 0.3) is 10.8 Å². The number of likely N-dealkylation sites (tertiary alicyclic amines) is 1. The lowest BCUT2D eigenvalue weighted by Crippen LogP contribution is -2.54. The number of ether oxygens (including phenoxy) is 3. The summed E-state index contributed by atoms with van der Waals surface area (Å²) in [5, 5.41) is 2.36. The van der Waals surface area contributed by atoms with E-state index in [1.54, 1.807) is 0 Å². The van der Waals surface area contributed by atoms with E-state index in [1.165, 1.54) is 10.8 Å². The highest BCUT2D eigenvalue weighted by Gasteiger charge is 2.44. The van der Waals surface area contributed by atoms with Gasteiger partial charge in [-0.05, 0) is 77.6 Å². The number of hydrogen-bond acceptors (Lipinski definition) is 4. The van der Waals surface area contributed by atoms with Crippen LogP contribution in [0.4, 0.5) is 4.79 Å². The number of hydrogen-bond donors (Lipinski definition) is 0. The molecule has 0 spiro atoms. The number of fused-ring (bicyclic) bond motifs is 1. The smallest absolute Gasteiger partial charge is 0.410 e. The molecule has 0 N–H and O–H groups in total. The molecule has 5 nitrogen and oxygen atoms in total. The second-order valence-corrected chi connectivity index (χ2v) is 15.8. The first kappa shape index (κ1) is 36.6.